The largest absolute Gasteiger partial charge is 0.490 e. The van der Waals surface area contributed by atoms with Crippen LogP contribution in [0.3, 0.4) is 0 Å². The third-order valence-electron chi connectivity index (χ3n) is 5.18. The number of amides is 2. The number of likely N-dealkylation sites (tertiary alicyclic amines) is 1. The van der Waals surface area contributed by atoms with E-state index in [-0.39, 0.29) is 11.8 Å². The molecule has 168 valence electrons. The van der Waals surface area contributed by atoms with Gasteiger partial charge in [-0.2, -0.15) is 18.3 Å². The van der Waals surface area contributed by atoms with Gasteiger partial charge < -0.3 is 19.5 Å². The van der Waals surface area contributed by atoms with Crippen molar-refractivity contribution in [1.29, 1.82) is 0 Å². The number of alkyl halides is 3. The van der Waals surface area contributed by atoms with Crippen molar-refractivity contribution < 1.29 is 32.7 Å². The van der Waals surface area contributed by atoms with Gasteiger partial charge in [-0.05, 0) is 31.0 Å². The molecule has 2 aromatic rings. The third-order valence-corrected chi connectivity index (χ3v) is 5.18. The van der Waals surface area contributed by atoms with Gasteiger partial charge in [0.25, 0.3) is 11.8 Å². The summed E-state index contributed by atoms with van der Waals surface area (Å²) in [4.78, 5) is 37.8. The van der Waals surface area contributed by atoms with Crippen LogP contribution in [-0.4, -0.2) is 79.8 Å². The normalized spacial score (nSPS) is 16.2. The van der Waals surface area contributed by atoms with Gasteiger partial charge in [0.15, 0.2) is 0 Å². The van der Waals surface area contributed by atoms with E-state index in [0.717, 1.165) is 43.7 Å². The number of aliphatic carboxylic acids is 1. The van der Waals surface area contributed by atoms with Crippen LogP contribution in [0, 0.1) is 0 Å². The van der Waals surface area contributed by atoms with Crippen molar-refractivity contribution in [2.45, 2.75) is 32.0 Å². The number of aromatic nitrogens is 3. The molecule has 2 aliphatic rings. The molecule has 0 aromatic carbocycles. The Balaban J connectivity index is 0.000000339. The first kappa shape index (κ1) is 22.4. The summed E-state index contributed by atoms with van der Waals surface area (Å²) in [5.41, 5.74) is 2.38. The standard InChI is InChI=1S/C17H21N5O2.C2HF3O2/c23-16(14-5-7-18-19-14)21-10-6-13-3-4-15(22(13)12-11-21)17(24)20-8-1-2-9-20;3-2(4,5)1(6)7/h3-5,7H,1-2,6,8-12H2,(H,18,19);(H,6,7). The highest BCUT2D eigenvalue weighted by Gasteiger charge is 2.38. The fraction of sp³-hybridized carbons (Fsp3) is 0.474. The van der Waals surface area contributed by atoms with E-state index in [2.05, 4.69) is 14.8 Å². The predicted molar refractivity (Wildman–Crippen MR) is 101 cm³/mol. The molecule has 0 radical (unpaired) electrons. The Bertz CT molecular complexity index is 933. The second-order valence-corrected chi connectivity index (χ2v) is 7.18. The quantitative estimate of drug-likeness (QED) is 0.738. The molecule has 0 unspecified atom stereocenters. The predicted octanol–water partition coefficient (Wildman–Crippen LogP) is 1.78. The maximum Gasteiger partial charge on any atom is 0.490 e. The summed E-state index contributed by atoms with van der Waals surface area (Å²) in [6.07, 6.45) is -0.563. The average Bonchev–Trinajstić information content (AvgIpc) is 3.47. The number of rotatable bonds is 2. The summed E-state index contributed by atoms with van der Waals surface area (Å²) in [6.45, 7) is 3.60. The first-order valence-corrected chi connectivity index (χ1v) is 9.75. The molecule has 9 nitrogen and oxygen atoms in total. The number of fused-ring (bicyclic) bond motifs is 1. The number of halogens is 3. The first-order valence-electron chi connectivity index (χ1n) is 9.75. The number of hydrogen-bond donors (Lipinski definition) is 2. The summed E-state index contributed by atoms with van der Waals surface area (Å²) in [7, 11) is 0. The van der Waals surface area contributed by atoms with Gasteiger partial charge in [0.1, 0.15) is 11.4 Å². The van der Waals surface area contributed by atoms with Gasteiger partial charge in [-0.3, -0.25) is 14.7 Å². The molecule has 4 heterocycles. The summed E-state index contributed by atoms with van der Waals surface area (Å²) in [5.74, 6) is -2.68. The molecule has 2 N–H and O–H groups in total. The first-order chi connectivity index (χ1) is 14.7. The second-order valence-electron chi connectivity index (χ2n) is 7.18. The van der Waals surface area contributed by atoms with Crippen molar-refractivity contribution in [3.8, 4) is 0 Å². The van der Waals surface area contributed by atoms with E-state index < -0.39 is 12.1 Å². The Morgan fingerprint density at radius 2 is 1.58 bits per heavy atom. The maximum absolute atomic E-state index is 12.7. The Morgan fingerprint density at radius 3 is 2.16 bits per heavy atom. The number of aromatic amines is 1. The maximum atomic E-state index is 12.7. The number of carbonyl (C=O) groups excluding carboxylic acids is 2. The minimum absolute atomic E-state index is 0.0364. The Hall–Kier alpha value is -3.31. The fourth-order valence-electron chi connectivity index (χ4n) is 3.59. The van der Waals surface area contributed by atoms with Crippen LogP contribution in [0.15, 0.2) is 24.4 Å². The van der Waals surface area contributed by atoms with Crippen LogP contribution in [0.5, 0.6) is 0 Å². The van der Waals surface area contributed by atoms with E-state index in [1.54, 1.807) is 12.3 Å². The van der Waals surface area contributed by atoms with E-state index in [1.807, 2.05) is 21.9 Å². The van der Waals surface area contributed by atoms with E-state index in [9.17, 15) is 22.8 Å². The fourth-order valence-corrected chi connectivity index (χ4v) is 3.59. The molecule has 12 heteroatoms. The molecular weight excluding hydrogens is 419 g/mol. The number of hydrogen-bond acceptors (Lipinski definition) is 4. The second kappa shape index (κ2) is 9.23. The third kappa shape index (κ3) is 5.25. The van der Waals surface area contributed by atoms with E-state index >= 15 is 0 Å². The lowest BCUT2D eigenvalue weighted by Crippen LogP contribution is -2.34. The monoisotopic (exact) mass is 441 g/mol. The van der Waals surface area contributed by atoms with Gasteiger partial charge >= 0.3 is 12.1 Å². The molecular formula is C19H22F3N5O4. The number of carboxylic acids is 1. The zero-order valence-electron chi connectivity index (χ0n) is 16.6. The van der Waals surface area contributed by atoms with Crippen molar-refractivity contribution in [2.75, 3.05) is 26.2 Å². The van der Waals surface area contributed by atoms with Gasteiger partial charge in [-0.15, -0.1) is 0 Å². The van der Waals surface area contributed by atoms with Crippen molar-refractivity contribution in [1.82, 2.24) is 24.6 Å². The van der Waals surface area contributed by atoms with Crippen LogP contribution < -0.4 is 0 Å². The molecule has 1 saturated heterocycles. The van der Waals surface area contributed by atoms with Crippen molar-refractivity contribution >= 4 is 17.8 Å². The van der Waals surface area contributed by atoms with E-state index in [0.29, 0.717) is 25.3 Å². The SMILES string of the molecule is O=C(O)C(F)(F)F.O=C(c1ccn[nH]1)N1CCc2ccc(C(=O)N3CCCC3)n2CC1. The minimum Gasteiger partial charge on any atom is -0.475 e. The summed E-state index contributed by atoms with van der Waals surface area (Å²) in [6, 6.07) is 5.64. The van der Waals surface area contributed by atoms with Gasteiger partial charge in [0.2, 0.25) is 0 Å². The van der Waals surface area contributed by atoms with Crippen LogP contribution in [0.1, 0.15) is 39.5 Å². The molecule has 1 fully saturated rings. The highest BCUT2D eigenvalue weighted by Crippen LogP contribution is 2.19. The van der Waals surface area contributed by atoms with Gasteiger partial charge in [0, 0.05) is 51.0 Å². The van der Waals surface area contributed by atoms with Crippen LogP contribution >= 0.6 is 0 Å². The van der Waals surface area contributed by atoms with E-state index in [4.69, 9.17) is 9.90 Å². The lowest BCUT2D eigenvalue weighted by Gasteiger charge is -2.20. The Labute approximate surface area is 175 Å². The van der Waals surface area contributed by atoms with E-state index in [1.165, 1.54) is 0 Å². The topological polar surface area (TPSA) is 112 Å². The Kier molecular flexibility index (Phi) is 6.66. The molecule has 2 amide bonds. The van der Waals surface area contributed by atoms with Gasteiger partial charge in [-0.1, -0.05) is 0 Å². The van der Waals surface area contributed by atoms with Gasteiger partial charge in [0.05, 0.1) is 0 Å². The van der Waals surface area contributed by atoms with Crippen LogP contribution in [0.4, 0.5) is 13.2 Å². The van der Waals surface area contributed by atoms with Crippen LogP contribution in [-0.2, 0) is 17.8 Å². The zero-order valence-corrected chi connectivity index (χ0v) is 16.6. The van der Waals surface area contributed by atoms with Crippen LogP contribution in [0.25, 0.3) is 0 Å². The highest BCUT2D eigenvalue weighted by atomic mass is 19.4. The zero-order chi connectivity index (χ0) is 22.6. The molecule has 0 aliphatic carbocycles. The number of carboxylic acid groups (broad SMARTS) is 1. The lowest BCUT2D eigenvalue weighted by atomic mass is 10.3. The molecule has 2 aliphatic heterocycles. The Morgan fingerprint density at radius 1 is 0.935 bits per heavy atom. The molecule has 0 bridgehead atoms. The summed E-state index contributed by atoms with van der Waals surface area (Å²) >= 11 is 0. The minimum atomic E-state index is -5.08. The number of nitrogens with one attached hydrogen (secondary N) is 1. The van der Waals surface area contributed by atoms with Gasteiger partial charge in [-0.25, -0.2) is 4.79 Å². The smallest absolute Gasteiger partial charge is 0.475 e. The lowest BCUT2D eigenvalue weighted by molar-refractivity contribution is -0.192. The summed E-state index contributed by atoms with van der Waals surface area (Å²) in [5, 5.41) is 13.7. The average molecular weight is 441 g/mol. The van der Waals surface area contributed by atoms with Crippen LogP contribution in [0.2, 0.25) is 0 Å². The molecule has 0 atom stereocenters. The molecule has 0 spiro atoms. The molecule has 31 heavy (non-hydrogen) atoms. The summed E-state index contributed by atoms with van der Waals surface area (Å²) < 4.78 is 33.8. The van der Waals surface area contributed by atoms with Crippen molar-refractivity contribution in [2.24, 2.45) is 0 Å². The number of H-pyrrole nitrogens is 1. The molecule has 0 saturated carbocycles. The molecule has 4 rings (SSSR count). The highest BCUT2D eigenvalue weighted by molar-refractivity contribution is 5.93. The number of nitrogens with zero attached hydrogens (tertiary/aromatic N) is 4. The van der Waals surface area contributed by atoms with Crippen molar-refractivity contribution in [3.05, 3.63) is 41.5 Å². The van der Waals surface area contributed by atoms with Crippen molar-refractivity contribution in [3.63, 3.8) is 0 Å². The number of carbonyl (C=O) groups is 3. The molecule has 2 aromatic heterocycles.